The van der Waals surface area contributed by atoms with Gasteiger partial charge in [0.05, 0.1) is 4.90 Å². The number of nitrogens with two attached hydrogens (primary N) is 1. The average molecular weight is 292 g/mol. The first-order valence-electron chi connectivity index (χ1n) is 6.21. The molecule has 0 aliphatic heterocycles. The Morgan fingerprint density at radius 2 is 1.80 bits per heavy atom. The van der Waals surface area contributed by atoms with Crippen LogP contribution in [0.2, 0.25) is 0 Å². The van der Waals surface area contributed by atoms with E-state index in [1.807, 2.05) is 24.3 Å². The van der Waals surface area contributed by atoms with Crippen LogP contribution >= 0.6 is 0 Å². The first-order chi connectivity index (χ1) is 9.53. The van der Waals surface area contributed by atoms with Crippen molar-refractivity contribution in [1.29, 1.82) is 0 Å². The Balaban J connectivity index is 2.25. The first kappa shape index (κ1) is 14.5. The summed E-state index contributed by atoms with van der Waals surface area (Å²) in [6, 6.07) is 12.3. The topological polar surface area (TPSA) is 89.3 Å². The summed E-state index contributed by atoms with van der Waals surface area (Å²) in [6.07, 6.45) is 0. The van der Waals surface area contributed by atoms with E-state index in [1.54, 1.807) is 12.1 Å². The molecule has 0 aliphatic rings. The maximum Gasteiger partial charge on any atom is 0.235 e. The molecule has 0 aliphatic carbocycles. The van der Waals surface area contributed by atoms with Gasteiger partial charge in [-0.3, -0.25) is 4.79 Å². The number of hydrogen-bond donors (Lipinski definition) is 2. The highest BCUT2D eigenvalue weighted by Gasteiger charge is 2.19. The SMILES string of the molecule is NCCNC(=O)CS(=O)(=O)c1ccc2ccccc2c1. The summed E-state index contributed by atoms with van der Waals surface area (Å²) in [6.45, 7) is 0.549. The normalized spacial score (nSPS) is 11.4. The summed E-state index contributed by atoms with van der Waals surface area (Å²) in [5.74, 6) is -1.10. The molecule has 3 N–H and O–H groups in total. The fraction of sp³-hybridized carbons (Fsp3) is 0.214. The highest BCUT2D eigenvalue weighted by molar-refractivity contribution is 7.92. The second-order valence-corrected chi connectivity index (χ2v) is 6.40. The van der Waals surface area contributed by atoms with Gasteiger partial charge in [0.25, 0.3) is 0 Å². The highest BCUT2D eigenvalue weighted by atomic mass is 32.2. The van der Waals surface area contributed by atoms with Gasteiger partial charge >= 0.3 is 0 Å². The van der Waals surface area contributed by atoms with Gasteiger partial charge in [-0.05, 0) is 22.9 Å². The number of rotatable bonds is 5. The van der Waals surface area contributed by atoms with Gasteiger partial charge in [0.15, 0.2) is 9.84 Å². The fourth-order valence-corrected chi connectivity index (χ4v) is 3.08. The molecule has 0 saturated heterocycles. The molecule has 0 unspecified atom stereocenters. The van der Waals surface area contributed by atoms with Crippen LogP contribution in [0.25, 0.3) is 10.8 Å². The highest BCUT2D eigenvalue weighted by Crippen LogP contribution is 2.19. The Morgan fingerprint density at radius 1 is 1.10 bits per heavy atom. The van der Waals surface area contributed by atoms with Crippen molar-refractivity contribution in [3.63, 3.8) is 0 Å². The number of carbonyl (C=O) groups excluding carboxylic acids is 1. The molecule has 5 nitrogen and oxygen atoms in total. The molecule has 2 rings (SSSR count). The smallest absolute Gasteiger partial charge is 0.235 e. The van der Waals surface area contributed by atoms with Gasteiger partial charge in [-0.1, -0.05) is 30.3 Å². The molecule has 0 heterocycles. The zero-order chi connectivity index (χ0) is 14.6. The van der Waals surface area contributed by atoms with Crippen LogP contribution in [0.15, 0.2) is 47.4 Å². The van der Waals surface area contributed by atoms with Gasteiger partial charge in [0.2, 0.25) is 5.91 Å². The van der Waals surface area contributed by atoms with Crippen LogP contribution in [0.5, 0.6) is 0 Å². The van der Waals surface area contributed by atoms with Crippen molar-refractivity contribution in [2.75, 3.05) is 18.8 Å². The van der Waals surface area contributed by atoms with Crippen molar-refractivity contribution in [2.45, 2.75) is 4.90 Å². The molecule has 2 aromatic rings. The van der Waals surface area contributed by atoms with E-state index in [4.69, 9.17) is 5.73 Å². The fourth-order valence-electron chi connectivity index (χ4n) is 1.88. The number of hydrogen-bond acceptors (Lipinski definition) is 4. The molecule has 0 aromatic heterocycles. The van der Waals surface area contributed by atoms with Crippen LogP contribution in [0.3, 0.4) is 0 Å². The number of amides is 1. The van der Waals surface area contributed by atoms with Crippen molar-refractivity contribution in [3.8, 4) is 0 Å². The minimum absolute atomic E-state index is 0.152. The zero-order valence-electron chi connectivity index (χ0n) is 10.9. The van der Waals surface area contributed by atoms with Crippen LogP contribution in [0.1, 0.15) is 0 Å². The molecular formula is C14H16N2O3S. The molecule has 0 bridgehead atoms. The standard InChI is InChI=1S/C14H16N2O3S/c15-7-8-16-14(17)10-20(18,19)13-6-5-11-3-1-2-4-12(11)9-13/h1-6,9H,7-8,10,15H2,(H,16,17). The van der Waals surface area contributed by atoms with Crippen molar-refractivity contribution in [2.24, 2.45) is 5.73 Å². The first-order valence-corrected chi connectivity index (χ1v) is 7.86. The third-order valence-corrected chi connectivity index (χ3v) is 4.48. The van der Waals surface area contributed by atoms with E-state index >= 15 is 0 Å². The van der Waals surface area contributed by atoms with E-state index < -0.39 is 21.5 Å². The third kappa shape index (κ3) is 3.34. The van der Waals surface area contributed by atoms with Crippen molar-refractivity contribution in [3.05, 3.63) is 42.5 Å². The second kappa shape index (κ2) is 6.02. The average Bonchev–Trinajstić information content (AvgIpc) is 2.44. The van der Waals surface area contributed by atoms with Gasteiger partial charge in [-0.15, -0.1) is 0 Å². The number of carbonyl (C=O) groups is 1. The minimum Gasteiger partial charge on any atom is -0.354 e. The van der Waals surface area contributed by atoms with Crippen molar-refractivity contribution >= 4 is 26.5 Å². The Bertz CT molecular complexity index is 726. The zero-order valence-corrected chi connectivity index (χ0v) is 11.7. The lowest BCUT2D eigenvalue weighted by Crippen LogP contribution is -2.33. The Hall–Kier alpha value is -1.92. The van der Waals surface area contributed by atoms with E-state index in [0.717, 1.165) is 10.8 Å². The lowest BCUT2D eigenvalue weighted by atomic mass is 10.1. The Labute approximate surface area is 117 Å². The molecule has 20 heavy (non-hydrogen) atoms. The summed E-state index contributed by atoms with van der Waals surface area (Å²) in [4.78, 5) is 11.7. The number of nitrogens with one attached hydrogen (secondary N) is 1. The van der Waals surface area contributed by atoms with Gasteiger partial charge in [0, 0.05) is 13.1 Å². The minimum atomic E-state index is -3.63. The lowest BCUT2D eigenvalue weighted by molar-refractivity contribution is -0.118. The lowest BCUT2D eigenvalue weighted by Gasteiger charge is -2.06. The van der Waals surface area contributed by atoms with Crippen molar-refractivity contribution in [1.82, 2.24) is 5.32 Å². The molecule has 0 radical (unpaired) electrons. The molecule has 2 aromatic carbocycles. The van der Waals surface area contributed by atoms with Crippen LogP contribution in [-0.2, 0) is 14.6 Å². The molecule has 6 heteroatoms. The summed E-state index contributed by atoms with van der Waals surface area (Å²) < 4.78 is 24.3. The largest absolute Gasteiger partial charge is 0.354 e. The molecule has 1 amide bonds. The molecule has 0 saturated carbocycles. The number of benzene rings is 2. The summed E-state index contributed by atoms with van der Waals surface area (Å²) in [7, 11) is -3.63. The summed E-state index contributed by atoms with van der Waals surface area (Å²) in [5, 5.41) is 4.24. The van der Waals surface area contributed by atoms with E-state index in [9.17, 15) is 13.2 Å². The predicted molar refractivity (Wildman–Crippen MR) is 78.1 cm³/mol. The van der Waals surface area contributed by atoms with E-state index in [1.165, 1.54) is 6.07 Å². The maximum atomic E-state index is 12.2. The quantitative estimate of drug-likeness (QED) is 0.848. The van der Waals surface area contributed by atoms with E-state index in [0.29, 0.717) is 0 Å². The molecule has 0 spiro atoms. The van der Waals surface area contributed by atoms with Gasteiger partial charge < -0.3 is 11.1 Å². The Morgan fingerprint density at radius 3 is 2.50 bits per heavy atom. The van der Waals surface area contributed by atoms with E-state index in [-0.39, 0.29) is 18.0 Å². The third-order valence-electron chi connectivity index (χ3n) is 2.87. The monoisotopic (exact) mass is 292 g/mol. The molecule has 106 valence electrons. The van der Waals surface area contributed by atoms with Crippen molar-refractivity contribution < 1.29 is 13.2 Å². The molecule has 0 fully saturated rings. The van der Waals surface area contributed by atoms with Crippen LogP contribution < -0.4 is 11.1 Å². The number of fused-ring (bicyclic) bond motifs is 1. The van der Waals surface area contributed by atoms with E-state index in [2.05, 4.69) is 5.32 Å². The molecular weight excluding hydrogens is 276 g/mol. The van der Waals surface area contributed by atoms with Gasteiger partial charge in [-0.2, -0.15) is 0 Å². The second-order valence-electron chi connectivity index (χ2n) is 4.41. The van der Waals surface area contributed by atoms with Gasteiger partial charge in [0.1, 0.15) is 5.75 Å². The predicted octanol–water partition coefficient (Wildman–Crippen LogP) is 0.688. The van der Waals surface area contributed by atoms with Crippen LogP contribution in [0.4, 0.5) is 0 Å². The van der Waals surface area contributed by atoms with Gasteiger partial charge in [-0.25, -0.2) is 8.42 Å². The molecule has 0 atom stereocenters. The number of sulfone groups is 1. The Kier molecular flexibility index (Phi) is 4.36. The summed E-state index contributed by atoms with van der Waals surface area (Å²) >= 11 is 0. The van der Waals surface area contributed by atoms with Crippen LogP contribution in [-0.4, -0.2) is 33.2 Å². The maximum absolute atomic E-state index is 12.2. The van der Waals surface area contributed by atoms with Crippen LogP contribution in [0, 0.1) is 0 Å². The summed E-state index contributed by atoms with van der Waals surface area (Å²) in [5.41, 5.74) is 5.25.